The van der Waals surface area contributed by atoms with Crippen molar-refractivity contribution < 1.29 is 4.74 Å². The maximum atomic E-state index is 5.62. The molecule has 1 aromatic carbocycles. The van der Waals surface area contributed by atoms with Crippen molar-refractivity contribution in [1.82, 2.24) is 4.98 Å². The minimum Gasteiger partial charge on any atom is -0.492 e. The van der Waals surface area contributed by atoms with Crippen LogP contribution >= 0.6 is 0 Å². The van der Waals surface area contributed by atoms with Gasteiger partial charge >= 0.3 is 0 Å². The van der Waals surface area contributed by atoms with Gasteiger partial charge in [-0.1, -0.05) is 89.5 Å². The minimum absolute atomic E-state index is 0.746. The Kier molecular flexibility index (Phi) is 9.05. The Morgan fingerprint density at radius 1 is 0.828 bits per heavy atom. The van der Waals surface area contributed by atoms with E-state index in [2.05, 4.69) is 49.2 Å². The fourth-order valence-corrected chi connectivity index (χ4v) is 4.56. The fourth-order valence-electron chi connectivity index (χ4n) is 4.56. The summed E-state index contributed by atoms with van der Waals surface area (Å²) < 4.78 is 5.62. The van der Waals surface area contributed by atoms with E-state index in [0.717, 1.165) is 36.3 Å². The number of pyridine rings is 1. The first-order chi connectivity index (χ1) is 14.3. The molecule has 0 saturated heterocycles. The average molecular weight is 394 g/mol. The van der Waals surface area contributed by atoms with Gasteiger partial charge in [0.25, 0.3) is 0 Å². The standard InChI is InChI=1S/C27H39NO/c1-3-5-6-7-22-8-10-23(11-9-22)12-13-24-14-16-25(17-15-24)27-19-18-26(21-28-27)29-20-4-2/h14-19,21-23H,3-13,20H2,1-2H3. The summed E-state index contributed by atoms with van der Waals surface area (Å²) in [7, 11) is 0. The first-order valence-corrected chi connectivity index (χ1v) is 12.0. The second kappa shape index (κ2) is 12.0. The molecule has 1 fully saturated rings. The number of hydrogen-bond acceptors (Lipinski definition) is 2. The molecule has 2 aromatic rings. The summed E-state index contributed by atoms with van der Waals surface area (Å²) in [6.45, 7) is 5.17. The molecule has 2 heteroatoms. The van der Waals surface area contributed by atoms with E-state index < -0.39 is 0 Å². The van der Waals surface area contributed by atoms with Crippen molar-refractivity contribution in [3.05, 3.63) is 48.2 Å². The number of hydrogen-bond donors (Lipinski definition) is 0. The highest BCUT2D eigenvalue weighted by Gasteiger charge is 2.20. The third-order valence-electron chi connectivity index (χ3n) is 6.48. The van der Waals surface area contributed by atoms with Gasteiger partial charge in [-0.05, 0) is 48.8 Å². The van der Waals surface area contributed by atoms with Gasteiger partial charge in [0, 0.05) is 5.56 Å². The van der Waals surface area contributed by atoms with Crippen LogP contribution in [0.3, 0.4) is 0 Å². The summed E-state index contributed by atoms with van der Waals surface area (Å²) >= 11 is 0. The largest absolute Gasteiger partial charge is 0.492 e. The van der Waals surface area contributed by atoms with Crippen molar-refractivity contribution >= 4 is 0 Å². The van der Waals surface area contributed by atoms with E-state index in [1.54, 1.807) is 0 Å². The summed E-state index contributed by atoms with van der Waals surface area (Å²) in [6.07, 6.45) is 16.9. The maximum absolute atomic E-state index is 5.62. The van der Waals surface area contributed by atoms with Crippen molar-refractivity contribution in [2.75, 3.05) is 6.61 Å². The first-order valence-electron chi connectivity index (χ1n) is 12.0. The Labute approximate surface area is 178 Å². The van der Waals surface area contributed by atoms with Gasteiger partial charge in [0.05, 0.1) is 18.5 Å². The van der Waals surface area contributed by atoms with E-state index in [9.17, 15) is 0 Å². The third-order valence-corrected chi connectivity index (χ3v) is 6.48. The summed E-state index contributed by atoms with van der Waals surface area (Å²) in [4.78, 5) is 4.56. The molecule has 0 radical (unpaired) electrons. The second-order valence-corrected chi connectivity index (χ2v) is 8.85. The second-order valence-electron chi connectivity index (χ2n) is 8.85. The first kappa shape index (κ1) is 21.9. The van der Waals surface area contributed by atoms with Crippen molar-refractivity contribution in [2.24, 2.45) is 11.8 Å². The molecule has 1 saturated carbocycles. The lowest BCUT2D eigenvalue weighted by Crippen LogP contribution is -2.15. The summed E-state index contributed by atoms with van der Waals surface area (Å²) in [6, 6.07) is 13.1. The zero-order valence-corrected chi connectivity index (χ0v) is 18.5. The van der Waals surface area contributed by atoms with Crippen molar-refractivity contribution in [1.29, 1.82) is 0 Å². The minimum atomic E-state index is 0.746. The average Bonchev–Trinajstić information content (AvgIpc) is 2.78. The van der Waals surface area contributed by atoms with Crippen LogP contribution in [-0.4, -0.2) is 11.6 Å². The SMILES string of the molecule is CCCCCC1CCC(CCc2ccc(-c3ccc(OCCC)cn3)cc2)CC1. The van der Waals surface area contributed by atoms with Crippen LogP contribution in [0.15, 0.2) is 42.6 Å². The van der Waals surface area contributed by atoms with Gasteiger partial charge in [-0.15, -0.1) is 0 Å². The van der Waals surface area contributed by atoms with E-state index in [1.165, 1.54) is 75.3 Å². The van der Waals surface area contributed by atoms with Crippen LogP contribution in [0.5, 0.6) is 5.75 Å². The molecule has 1 aliphatic rings. The highest BCUT2D eigenvalue weighted by Crippen LogP contribution is 2.34. The summed E-state index contributed by atoms with van der Waals surface area (Å²) in [5, 5.41) is 0. The molecular formula is C27H39NO. The fraction of sp³-hybridized carbons (Fsp3) is 0.593. The number of ether oxygens (including phenoxy) is 1. The lowest BCUT2D eigenvalue weighted by molar-refractivity contribution is 0.249. The van der Waals surface area contributed by atoms with E-state index >= 15 is 0 Å². The van der Waals surface area contributed by atoms with Crippen molar-refractivity contribution in [2.45, 2.75) is 84.5 Å². The Morgan fingerprint density at radius 2 is 1.55 bits per heavy atom. The summed E-state index contributed by atoms with van der Waals surface area (Å²) in [5.74, 6) is 2.81. The van der Waals surface area contributed by atoms with E-state index in [-0.39, 0.29) is 0 Å². The van der Waals surface area contributed by atoms with E-state index in [4.69, 9.17) is 4.74 Å². The molecule has 0 aliphatic heterocycles. The molecule has 2 nitrogen and oxygen atoms in total. The molecule has 1 heterocycles. The maximum Gasteiger partial charge on any atom is 0.137 e. The van der Waals surface area contributed by atoms with Gasteiger partial charge in [0.2, 0.25) is 0 Å². The predicted octanol–water partition coefficient (Wildman–Crippen LogP) is 7.86. The zero-order valence-electron chi connectivity index (χ0n) is 18.5. The number of benzene rings is 1. The van der Waals surface area contributed by atoms with Gasteiger partial charge < -0.3 is 4.74 Å². The normalized spacial score (nSPS) is 19.2. The third kappa shape index (κ3) is 7.17. The molecule has 29 heavy (non-hydrogen) atoms. The Balaban J connectivity index is 1.42. The molecule has 1 aromatic heterocycles. The van der Waals surface area contributed by atoms with E-state index in [1.807, 2.05) is 12.3 Å². The van der Waals surface area contributed by atoms with Gasteiger partial charge in [0.15, 0.2) is 0 Å². The van der Waals surface area contributed by atoms with Gasteiger partial charge in [0.1, 0.15) is 5.75 Å². The van der Waals surface area contributed by atoms with Crippen LogP contribution in [-0.2, 0) is 6.42 Å². The number of nitrogens with zero attached hydrogens (tertiary/aromatic N) is 1. The van der Waals surface area contributed by atoms with Crippen LogP contribution in [0, 0.1) is 11.8 Å². The lowest BCUT2D eigenvalue weighted by Gasteiger charge is -2.28. The number of rotatable bonds is 11. The summed E-state index contributed by atoms with van der Waals surface area (Å²) in [5.41, 5.74) is 3.66. The molecule has 158 valence electrons. The van der Waals surface area contributed by atoms with Crippen molar-refractivity contribution in [3.63, 3.8) is 0 Å². The number of aromatic nitrogens is 1. The Morgan fingerprint density at radius 3 is 2.17 bits per heavy atom. The zero-order chi connectivity index (χ0) is 20.3. The molecule has 0 amide bonds. The topological polar surface area (TPSA) is 22.1 Å². The Hall–Kier alpha value is -1.83. The molecular weight excluding hydrogens is 354 g/mol. The molecule has 0 bridgehead atoms. The quantitative estimate of drug-likeness (QED) is 0.362. The smallest absolute Gasteiger partial charge is 0.137 e. The molecule has 0 spiro atoms. The van der Waals surface area contributed by atoms with Crippen LogP contribution in [0.25, 0.3) is 11.3 Å². The van der Waals surface area contributed by atoms with Crippen LogP contribution in [0.4, 0.5) is 0 Å². The molecule has 0 N–H and O–H groups in total. The lowest BCUT2D eigenvalue weighted by atomic mass is 9.78. The van der Waals surface area contributed by atoms with Gasteiger partial charge in [-0.3, -0.25) is 4.98 Å². The predicted molar refractivity (Wildman–Crippen MR) is 123 cm³/mol. The van der Waals surface area contributed by atoms with Crippen molar-refractivity contribution in [3.8, 4) is 17.0 Å². The van der Waals surface area contributed by atoms with Gasteiger partial charge in [-0.25, -0.2) is 0 Å². The number of unbranched alkanes of at least 4 members (excludes halogenated alkanes) is 2. The van der Waals surface area contributed by atoms with Gasteiger partial charge in [-0.2, -0.15) is 0 Å². The molecule has 3 rings (SSSR count). The van der Waals surface area contributed by atoms with Crippen LogP contribution < -0.4 is 4.74 Å². The van der Waals surface area contributed by atoms with Crippen LogP contribution in [0.1, 0.15) is 83.6 Å². The van der Waals surface area contributed by atoms with Crippen LogP contribution in [0.2, 0.25) is 0 Å². The Bertz CT molecular complexity index is 683. The molecule has 0 atom stereocenters. The molecule has 1 aliphatic carbocycles. The molecule has 0 unspecified atom stereocenters. The number of aryl methyl sites for hydroxylation is 1. The highest BCUT2D eigenvalue weighted by molar-refractivity contribution is 5.59. The highest BCUT2D eigenvalue weighted by atomic mass is 16.5. The monoisotopic (exact) mass is 393 g/mol. The van der Waals surface area contributed by atoms with E-state index in [0.29, 0.717) is 0 Å².